The molecule has 0 aliphatic carbocycles. The highest BCUT2D eigenvalue weighted by Crippen LogP contribution is 2.29. The minimum Gasteiger partial charge on any atom is -0.497 e. The molecule has 3 heterocycles. The minimum absolute atomic E-state index is 0.0764. The standard InChI is InChI=1S/C19H24N4O2/c1-25-16-4-2-13(3-5-16)18-17(12-21-22-18)19(24)23-8-6-14-10-20-11-15(14)7-9-23/h2-5,12,14-15,20H,6-11H2,1H3,(H,21,22)/t14-,15+. The third-order valence-corrected chi connectivity index (χ3v) is 5.55. The molecule has 1 aromatic heterocycles. The summed E-state index contributed by atoms with van der Waals surface area (Å²) in [5.41, 5.74) is 2.37. The summed E-state index contributed by atoms with van der Waals surface area (Å²) >= 11 is 0. The molecule has 0 unspecified atom stereocenters. The second-order valence-electron chi connectivity index (χ2n) is 6.94. The first-order valence-electron chi connectivity index (χ1n) is 8.94. The van der Waals surface area contributed by atoms with Crippen LogP contribution in [-0.2, 0) is 0 Å². The highest BCUT2D eigenvalue weighted by atomic mass is 16.5. The number of carbonyl (C=O) groups excluding carboxylic acids is 1. The highest BCUT2D eigenvalue weighted by Gasteiger charge is 2.32. The topological polar surface area (TPSA) is 70.2 Å². The van der Waals surface area contributed by atoms with Gasteiger partial charge in [0.2, 0.25) is 0 Å². The normalized spacial score (nSPS) is 23.2. The number of hydrogen-bond acceptors (Lipinski definition) is 4. The molecule has 2 saturated heterocycles. The fourth-order valence-corrected chi connectivity index (χ4v) is 4.02. The zero-order valence-corrected chi connectivity index (χ0v) is 14.5. The molecule has 2 aliphatic heterocycles. The smallest absolute Gasteiger partial charge is 0.257 e. The van der Waals surface area contributed by atoms with Gasteiger partial charge in [0.05, 0.1) is 24.6 Å². The first-order valence-corrected chi connectivity index (χ1v) is 8.94. The van der Waals surface area contributed by atoms with Gasteiger partial charge < -0.3 is 15.0 Å². The van der Waals surface area contributed by atoms with Crippen LogP contribution in [-0.4, -0.2) is 54.3 Å². The molecule has 0 saturated carbocycles. The number of aromatic nitrogens is 2. The Labute approximate surface area is 147 Å². The number of H-pyrrole nitrogens is 1. The van der Waals surface area contributed by atoms with Gasteiger partial charge in [-0.2, -0.15) is 5.10 Å². The van der Waals surface area contributed by atoms with Crippen molar-refractivity contribution in [3.05, 3.63) is 36.0 Å². The number of fused-ring (bicyclic) bond motifs is 1. The maximum atomic E-state index is 13.1. The molecule has 1 amide bonds. The lowest BCUT2D eigenvalue weighted by Crippen LogP contribution is -2.32. The van der Waals surface area contributed by atoms with Crippen LogP contribution in [0, 0.1) is 11.8 Å². The van der Waals surface area contributed by atoms with Crippen LogP contribution in [0.1, 0.15) is 23.2 Å². The van der Waals surface area contributed by atoms with Crippen LogP contribution in [0.5, 0.6) is 5.75 Å². The molecule has 2 aliphatic rings. The summed E-state index contributed by atoms with van der Waals surface area (Å²) in [5, 5.41) is 10.6. The van der Waals surface area contributed by atoms with Crippen molar-refractivity contribution < 1.29 is 9.53 Å². The summed E-state index contributed by atoms with van der Waals surface area (Å²) in [6, 6.07) is 7.68. The zero-order chi connectivity index (χ0) is 17.2. The van der Waals surface area contributed by atoms with E-state index < -0.39 is 0 Å². The lowest BCUT2D eigenvalue weighted by Gasteiger charge is -2.21. The van der Waals surface area contributed by atoms with Gasteiger partial charge in [-0.3, -0.25) is 9.89 Å². The number of aromatic amines is 1. The van der Waals surface area contributed by atoms with E-state index in [9.17, 15) is 4.79 Å². The molecule has 6 heteroatoms. The number of benzene rings is 1. The van der Waals surface area contributed by atoms with E-state index in [1.54, 1.807) is 13.3 Å². The molecular weight excluding hydrogens is 316 g/mol. The van der Waals surface area contributed by atoms with Gasteiger partial charge in [0.25, 0.3) is 5.91 Å². The van der Waals surface area contributed by atoms with Crippen LogP contribution < -0.4 is 10.1 Å². The van der Waals surface area contributed by atoms with Crippen molar-refractivity contribution in [1.29, 1.82) is 0 Å². The number of rotatable bonds is 3. The maximum Gasteiger partial charge on any atom is 0.257 e. The van der Waals surface area contributed by atoms with Gasteiger partial charge in [0.15, 0.2) is 0 Å². The number of nitrogens with zero attached hydrogens (tertiary/aromatic N) is 2. The minimum atomic E-state index is 0.0764. The van der Waals surface area contributed by atoms with E-state index >= 15 is 0 Å². The summed E-state index contributed by atoms with van der Waals surface area (Å²) in [5.74, 6) is 2.29. The molecule has 4 rings (SSSR count). The molecule has 6 nitrogen and oxygen atoms in total. The molecule has 2 aromatic rings. The Kier molecular flexibility index (Phi) is 4.44. The second kappa shape index (κ2) is 6.88. The molecule has 0 radical (unpaired) electrons. The molecule has 2 atom stereocenters. The van der Waals surface area contributed by atoms with Gasteiger partial charge in [-0.25, -0.2) is 0 Å². The second-order valence-corrected chi connectivity index (χ2v) is 6.94. The molecule has 2 N–H and O–H groups in total. The Morgan fingerprint density at radius 1 is 1.16 bits per heavy atom. The van der Waals surface area contributed by atoms with E-state index in [0.29, 0.717) is 17.4 Å². The number of likely N-dealkylation sites (tertiary alicyclic amines) is 1. The van der Waals surface area contributed by atoms with E-state index in [0.717, 1.165) is 56.0 Å². The first-order chi connectivity index (χ1) is 12.3. The fourth-order valence-electron chi connectivity index (χ4n) is 4.02. The van der Waals surface area contributed by atoms with E-state index in [-0.39, 0.29) is 5.91 Å². The lowest BCUT2D eigenvalue weighted by molar-refractivity contribution is 0.0759. The average molecular weight is 340 g/mol. The van der Waals surface area contributed by atoms with Crippen molar-refractivity contribution >= 4 is 5.91 Å². The zero-order valence-electron chi connectivity index (χ0n) is 14.5. The molecule has 2 fully saturated rings. The summed E-state index contributed by atoms with van der Waals surface area (Å²) < 4.78 is 5.20. The lowest BCUT2D eigenvalue weighted by atomic mass is 9.92. The van der Waals surface area contributed by atoms with Crippen molar-refractivity contribution in [2.45, 2.75) is 12.8 Å². The maximum absolute atomic E-state index is 13.1. The number of methoxy groups -OCH3 is 1. The number of hydrogen-bond donors (Lipinski definition) is 2. The molecule has 25 heavy (non-hydrogen) atoms. The van der Waals surface area contributed by atoms with Crippen molar-refractivity contribution in [3.8, 4) is 17.0 Å². The summed E-state index contributed by atoms with van der Waals surface area (Å²) in [4.78, 5) is 15.1. The highest BCUT2D eigenvalue weighted by molar-refractivity contribution is 5.99. The van der Waals surface area contributed by atoms with E-state index in [4.69, 9.17) is 4.74 Å². The summed E-state index contributed by atoms with van der Waals surface area (Å²) in [7, 11) is 1.64. The van der Waals surface area contributed by atoms with Crippen molar-refractivity contribution in [1.82, 2.24) is 20.4 Å². The van der Waals surface area contributed by atoms with Crippen LogP contribution in [0.15, 0.2) is 30.5 Å². The molecule has 132 valence electrons. The summed E-state index contributed by atoms with van der Waals surface area (Å²) in [6.45, 7) is 3.84. The molecule has 0 bridgehead atoms. The fraction of sp³-hybridized carbons (Fsp3) is 0.474. The van der Waals surface area contributed by atoms with E-state index in [1.807, 2.05) is 29.2 Å². The Hall–Kier alpha value is -2.34. The Morgan fingerprint density at radius 2 is 1.84 bits per heavy atom. The SMILES string of the molecule is COc1ccc(-c2[nH]ncc2C(=O)N2CC[C@@H]3CNC[C@@H]3CC2)cc1. The monoisotopic (exact) mass is 340 g/mol. The van der Waals surface area contributed by atoms with Crippen molar-refractivity contribution in [2.75, 3.05) is 33.3 Å². The summed E-state index contributed by atoms with van der Waals surface area (Å²) in [6.07, 6.45) is 3.81. The van der Waals surface area contributed by atoms with Gasteiger partial charge in [-0.15, -0.1) is 0 Å². The van der Waals surface area contributed by atoms with E-state index in [2.05, 4.69) is 15.5 Å². The number of nitrogens with one attached hydrogen (secondary N) is 2. The average Bonchev–Trinajstić information content (AvgIpc) is 3.27. The molecule has 0 spiro atoms. The van der Waals surface area contributed by atoms with Crippen LogP contribution >= 0.6 is 0 Å². The quantitative estimate of drug-likeness (QED) is 0.898. The predicted octanol–water partition coefficient (Wildman–Crippen LogP) is 2.16. The van der Waals surface area contributed by atoms with Gasteiger partial charge >= 0.3 is 0 Å². The number of carbonyl (C=O) groups is 1. The molecular formula is C19H24N4O2. The first kappa shape index (κ1) is 16.1. The van der Waals surface area contributed by atoms with E-state index in [1.165, 1.54) is 0 Å². The Bertz CT molecular complexity index is 726. The Balaban J connectivity index is 1.53. The Morgan fingerprint density at radius 3 is 2.48 bits per heavy atom. The number of ether oxygens (including phenoxy) is 1. The van der Waals surface area contributed by atoms with Gasteiger partial charge in [-0.1, -0.05) is 0 Å². The third-order valence-electron chi connectivity index (χ3n) is 5.55. The third kappa shape index (κ3) is 3.14. The van der Waals surface area contributed by atoms with Crippen LogP contribution in [0.25, 0.3) is 11.3 Å². The van der Waals surface area contributed by atoms with Crippen molar-refractivity contribution in [2.24, 2.45) is 11.8 Å². The van der Waals surface area contributed by atoms with Crippen molar-refractivity contribution in [3.63, 3.8) is 0 Å². The number of amides is 1. The van der Waals surface area contributed by atoms with Crippen LogP contribution in [0.3, 0.4) is 0 Å². The van der Waals surface area contributed by atoms with Gasteiger partial charge in [0, 0.05) is 18.7 Å². The molecule has 1 aromatic carbocycles. The predicted molar refractivity (Wildman–Crippen MR) is 95.6 cm³/mol. The van der Waals surface area contributed by atoms with Crippen LogP contribution in [0.4, 0.5) is 0 Å². The van der Waals surface area contributed by atoms with Crippen LogP contribution in [0.2, 0.25) is 0 Å². The van der Waals surface area contributed by atoms with Gasteiger partial charge in [0.1, 0.15) is 5.75 Å². The largest absolute Gasteiger partial charge is 0.497 e. The van der Waals surface area contributed by atoms with Gasteiger partial charge in [-0.05, 0) is 62.0 Å².